The van der Waals surface area contributed by atoms with E-state index in [0.717, 1.165) is 6.08 Å². The van der Waals surface area contributed by atoms with Crippen molar-refractivity contribution in [1.82, 2.24) is 4.90 Å². The third kappa shape index (κ3) is 3.13. The third-order valence-corrected chi connectivity index (χ3v) is 3.06. The summed E-state index contributed by atoms with van der Waals surface area (Å²) in [5.74, 6) is -3.16. The summed E-state index contributed by atoms with van der Waals surface area (Å²) in [6.07, 6.45) is 0.795. The maximum atomic E-state index is 12.4. The third-order valence-electron chi connectivity index (χ3n) is 3.06. The Kier molecular flexibility index (Phi) is 4.90. The second kappa shape index (κ2) is 6.87. The SMILES string of the molecule is CCOC(=O)/C=C(/C(=O)OCC)N1C(=O)c2ccccc2C1=O. The number of rotatable bonds is 5. The second-order valence-corrected chi connectivity index (χ2v) is 4.49. The van der Waals surface area contributed by atoms with Crippen LogP contribution in [0.4, 0.5) is 0 Å². The van der Waals surface area contributed by atoms with Gasteiger partial charge >= 0.3 is 11.9 Å². The number of ether oxygens (including phenoxy) is 2. The molecule has 7 nitrogen and oxygen atoms in total. The van der Waals surface area contributed by atoms with Crippen molar-refractivity contribution in [2.24, 2.45) is 0 Å². The maximum Gasteiger partial charge on any atom is 0.355 e. The summed E-state index contributed by atoms with van der Waals surface area (Å²) in [5.41, 5.74) is -0.135. The summed E-state index contributed by atoms with van der Waals surface area (Å²) in [6.45, 7) is 3.29. The van der Waals surface area contributed by atoms with Gasteiger partial charge in [0.25, 0.3) is 11.8 Å². The summed E-state index contributed by atoms with van der Waals surface area (Å²) in [6, 6.07) is 6.16. The Labute approximate surface area is 132 Å². The molecule has 0 aliphatic carbocycles. The van der Waals surface area contributed by atoms with Crippen molar-refractivity contribution in [1.29, 1.82) is 0 Å². The topological polar surface area (TPSA) is 90.0 Å². The molecular formula is C16H15NO6. The fourth-order valence-electron chi connectivity index (χ4n) is 2.12. The molecule has 7 heteroatoms. The average molecular weight is 317 g/mol. The number of fused-ring (bicyclic) bond motifs is 1. The van der Waals surface area contributed by atoms with Gasteiger partial charge in [0.1, 0.15) is 5.70 Å². The van der Waals surface area contributed by atoms with E-state index in [9.17, 15) is 19.2 Å². The first-order valence-electron chi connectivity index (χ1n) is 7.04. The first kappa shape index (κ1) is 16.4. The highest BCUT2D eigenvalue weighted by Gasteiger charge is 2.40. The molecule has 0 aromatic heterocycles. The van der Waals surface area contributed by atoms with Gasteiger partial charge in [0.15, 0.2) is 0 Å². The van der Waals surface area contributed by atoms with E-state index >= 15 is 0 Å². The molecule has 0 bridgehead atoms. The minimum Gasteiger partial charge on any atom is -0.463 e. The van der Waals surface area contributed by atoms with E-state index < -0.39 is 29.5 Å². The summed E-state index contributed by atoms with van der Waals surface area (Å²) in [4.78, 5) is 49.2. The van der Waals surface area contributed by atoms with Crippen molar-refractivity contribution >= 4 is 23.8 Å². The van der Waals surface area contributed by atoms with E-state index in [4.69, 9.17) is 9.47 Å². The second-order valence-electron chi connectivity index (χ2n) is 4.49. The molecule has 1 heterocycles. The van der Waals surface area contributed by atoms with Crippen LogP contribution in [-0.4, -0.2) is 41.9 Å². The Morgan fingerprint density at radius 3 is 2.00 bits per heavy atom. The average Bonchev–Trinajstić information content (AvgIpc) is 2.78. The zero-order valence-electron chi connectivity index (χ0n) is 12.7. The Morgan fingerprint density at radius 1 is 1.00 bits per heavy atom. The highest BCUT2D eigenvalue weighted by Crippen LogP contribution is 2.26. The first-order chi connectivity index (χ1) is 11.0. The number of esters is 2. The highest BCUT2D eigenvalue weighted by molar-refractivity contribution is 6.25. The quantitative estimate of drug-likeness (QED) is 0.462. The number of benzene rings is 1. The lowest BCUT2D eigenvalue weighted by Gasteiger charge is -2.16. The van der Waals surface area contributed by atoms with Crippen LogP contribution in [0, 0.1) is 0 Å². The van der Waals surface area contributed by atoms with Crippen LogP contribution in [0.1, 0.15) is 34.6 Å². The van der Waals surface area contributed by atoms with Gasteiger partial charge in [-0.1, -0.05) is 12.1 Å². The van der Waals surface area contributed by atoms with Crippen LogP contribution in [0.25, 0.3) is 0 Å². The molecule has 1 aromatic rings. The van der Waals surface area contributed by atoms with Gasteiger partial charge in [-0.3, -0.25) is 9.59 Å². The Hall–Kier alpha value is -2.96. The molecule has 1 aromatic carbocycles. The molecule has 0 radical (unpaired) electrons. The summed E-state index contributed by atoms with van der Waals surface area (Å²) in [5, 5.41) is 0. The van der Waals surface area contributed by atoms with Gasteiger partial charge in [0.05, 0.1) is 30.4 Å². The van der Waals surface area contributed by atoms with E-state index in [0.29, 0.717) is 4.90 Å². The Balaban J connectivity index is 2.45. The van der Waals surface area contributed by atoms with Crippen molar-refractivity contribution in [3.05, 3.63) is 47.2 Å². The molecule has 23 heavy (non-hydrogen) atoms. The van der Waals surface area contributed by atoms with Crippen molar-refractivity contribution in [3.63, 3.8) is 0 Å². The van der Waals surface area contributed by atoms with Gasteiger partial charge in [0.2, 0.25) is 0 Å². The molecule has 120 valence electrons. The molecule has 0 atom stereocenters. The summed E-state index contributed by atoms with van der Waals surface area (Å²) in [7, 11) is 0. The maximum absolute atomic E-state index is 12.4. The molecule has 1 aliphatic heterocycles. The summed E-state index contributed by atoms with van der Waals surface area (Å²) < 4.78 is 9.57. The monoisotopic (exact) mass is 317 g/mol. The Morgan fingerprint density at radius 2 is 1.52 bits per heavy atom. The number of carbonyl (C=O) groups is 4. The van der Waals surface area contributed by atoms with Crippen LogP contribution < -0.4 is 0 Å². The minimum absolute atomic E-state index is 0.0299. The van der Waals surface area contributed by atoms with Gasteiger partial charge in [-0.2, -0.15) is 0 Å². The predicted molar refractivity (Wildman–Crippen MR) is 78.3 cm³/mol. The fourth-order valence-corrected chi connectivity index (χ4v) is 2.12. The number of carbonyl (C=O) groups excluding carboxylic acids is 4. The minimum atomic E-state index is -0.949. The predicted octanol–water partition coefficient (Wildman–Crippen LogP) is 1.29. The molecule has 2 amide bonds. The number of hydrogen-bond acceptors (Lipinski definition) is 6. The number of amides is 2. The van der Waals surface area contributed by atoms with Crippen molar-refractivity contribution in [3.8, 4) is 0 Å². The van der Waals surface area contributed by atoms with E-state index in [-0.39, 0.29) is 24.3 Å². The van der Waals surface area contributed by atoms with Crippen LogP contribution in [0.15, 0.2) is 36.0 Å². The molecule has 1 aliphatic rings. The van der Waals surface area contributed by atoms with E-state index in [2.05, 4.69) is 0 Å². The lowest BCUT2D eigenvalue weighted by atomic mass is 10.1. The number of hydrogen-bond donors (Lipinski definition) is 0. The zero-order chi connectivity index (χ0) is 17.0. The Bertz CT molecular complexity index is 671. The smallest absolute Gasteiger partial charge is 0.355 e. The van der Waals surface area contributed by atoms with Gasteiger partial charge in [-0.05, 0) is 26.0 Å². The zero-order valence-corrected chi connectivity index (χ0v) is 12.7. The van der Waals surface area contributed by atoms with Crippen LogP contribution in [-0.2, 0) is 19.1 Å². The van der Waals surface area contributed by atoms with Crippen LogP contribution >= 0.6 is 0 Å². The van der Waals surface area contributed by atoms with Crippen molar-refractivity contribution in [2.45, 2.75) is 13.8 Å². The molecule has 0 N–H and O–H groups in total. The molecular weight excluding hydrogens is 302 g/mol. The number of imide groups is 1. The standard InChI is InChI=1S/C16H15NO6/c1-3-22-13(18)9-12(16(21)23-4-2)17-14(19)10-7-5-6-8-11(10)15(17)20/h5-9H,3-4H2,1-2H3/b12-9-. The summed E-state index contributed by atoms with van der Waals surface area (Å²) >= 11 is 0. The number of nitrogens with zero attached hydrogens (tertiary/aromatic N) is 1. The molecule has 0 fully saturated rings. The van der Waals surface area contributed by atoms with Gasteiger partial charge in [-0.15, -0.1) is 0 Å². The molecule has 0 unspecified atom stereocenters. The molecule has 0 spiro atoms. The van der Waals surface area contributed by atoms with E-state index in [1.807, 2.05) is 0 Å². The first-order valence-corrected chi connectivity index (χ1v) is 7.04. The van der Waals surface area contributed by atoms with Gasteiger partial charge < -0.3 is 9.47 Å². The fraction of sp³-hybridized carbons (Fsp3) is 0.250. The normalized spacial score (nSPS) is 13.8. The van der Waals surface area contributed by atoms with Crippen molar-refractivity contribution < 1.29 is 28.7 Å². The van der Waals surface area contributed by atoms with E-state index in [1.54, 1.807) is 26.0 Å². The van der Waals surface area contributed by atoms with Crippen LogP contribution in [0.5, 0.6) is 0 Å². The van der Waals surface area contributed by atoms with Crippen LogP contribution in [0.2, 0.25) is 0 Å². The molecule has 0 saturated carbocycles. The van der Waals surface area contributed by atoms with Crippen molar-refractivity contribution in [2.75, 3.05) is 13.2 Å². The van der Waals surface area contributed by atoms with Gasteiger partial charge in [0, 0.05) is 0 Å². The molecule has 2 rings (SSSR count). The largest absolute Gasteiger partial charge is 0.463 e. The van der Waals surface area contributed by atoms with Gasteiger partial charge in [-0.25, -0.2) is 14.5 Å². The molecule has 0 saturated heterocycles. The van der Waals surface area contributed by atoms with E-state index in [1.165, 1.54) is 12.1 Å². The van der Waals surface area contributed by atoms with Crippen LogP contribution in [0.3, 0.4) is 0 Å². The lowest BCUT2D eigenvalue weighted by molar-refractivity contribution is -0.142. The highest BCUT2D eigenvalue weighted by atomic mass is 16.5. The lowest BCUT2D eigenvalue weighted by Crippen LogP contribution is -2.34.